The Labute approximate surface area is 117 Å². The highest BCUT2D eigenvalue weighted by Crippen LogP contribution is 2.28. The van der Waals surface area contributed by atoms with Crippen LogP contribution in [-0.2, 0) is 4.74 Å². The van der Waals surface area contributed by atoms with E-state index in [4.69, 9.17) is 9.84 Å². The molecule has 1 saturated carbocycles. The number of aromatic carboxylic acids is 1. The lowest BCUT2D eigenvalue weighted by Gasteiger charge is -2.16. The molecule has 0 bridgehead atoms. The summed E-state index contributed by atoms with van der Waals surface area (Å²) in [5, 5.41) is 8.85. The second-order valence-corrected chi connectivity index (χ2v) is 4.96. The van der Waals surface area contributed by atoms with E-state index in [0.717, 1.165) is 6.61 Å². The molecule has 0 unspecified atom stereocenters. The summed E-state index contributed by atoms with van der Waals surface area (Å²) in [7, 11) is 1.65. The van der Waals surface area contributed by atoms with Gasteiger partial charge in [0, 0.05) is 20.2 Å². The minimum absolute atomic E-state index is 0.130. The van der Waals surface area contributed by atoms with E-state index in [-0.39, 0.29) is 17.3 Å². The fourth-order valence-corrected chi connectivity index (χ4v) is 1.71. The lowest BCUT2D eigenvalue weighted by molar-refractivity contribution is 0.0673. The molecule has 1 fully saturated rings. The van der Waals surface area contributed by atoms with E-state index in [0.29, 0.717) is 19.1 Å². The van der Waals surface area contributed by atoms with Crippen LogP contribution in [0.3, 0.4) is 0 Å². The molecule has 1 amide bonds. The van der Waals surface area contributed by atoms with Gasteiger partial charge in [0.05, 0.1) is 6.61 Å². The van der Waals surface area contributed by atoms with Crippen molar-refractivity contribution in [3.05, 3.63) is 29.6 Å². The third-order valence-corrected chi connectivity index (χ3v) is 3.16. The van der Waals surface area contributed by atoms with Crippen molar-refractivity contribution in [3.63, 3.8) is 0 Å². The number of nitrogens with zero attached hydrogens (tertiary/aromatic N) is 2. The summed E-state index contributed by atoms with van der Waals surface area (Å²) in [5.74, 6) is -0.747. The maximum atomic E-state index is 12.1. The van der Waals surface area contributed by atoms with Gasteiger partial charge in [-0.2, -0.15) is 0 Å². The maximum absolute atomic E-state index is 12.1. The molecule has 6 nitrogen and oxygen atoms in total. The van der Waals surface area contributed by atoms with Gasteiger partial charge in [0.15, 0.2) is 0 Å². The van der Waals surface area contributed by atoms with E-state index < -0.39 is 5.97 Å². The number of aromatic nitrogens is 1. The highest BCUT2D eigenvalue weighted by Gasteiger charge is 2.21. The first-order valence-corrected chi connectivity index (χ1v) is 6.61. The van der Waals surface area contributed by atoms with Crippen molar-refractivity contribution in [2.24, 2.45) is 5.92 Å². The lowest BCUT2D eigenvalue weighted by Crippen LogP contribution is -2.31. The van der Waals surface area contributed by atoms with Crippen molar-refractivity contribution >= 4 is 11.9 Å². The number of carboxylic acids is 1. The quantitative estimate of drug-likeness (QED) is 0.760. The molecule has 0 spiro atoms. The Hall–Kier alpha value is -1.95. The molecule has 1 aromatic rings. The van der Waals surface area contributed by atoms with Gasteiger partial charge in [0.1, 0.15) is 11.4 Å². The third kappa shape index (κ3) is 4.03. The summed E-state index contributed by atoms with van der Waals surface area (Å²) in [6.45, 7) is 1.71. The fourth-order valence-electron chi connectivity index (χ4n) is 1.71. The van der Waals surface area contributed by atoms with Gasteiger partial charge in [-0.1, -0.05) is 6.07 Å². The standard InChI is InChI=1S/C14H18N2O4/c1-16(7-8-20-9-10-5-6-10)13(17)11-3-2-4-12(15-11)14(18)19/h2-4,10H,5-9H2,1H3,(H,18,19). The van der Waals surface area contributed by atoms with Crippen LogP contribution in [0, 0.1) is 5.92 Å². The number of rotatable bonds is 7. The Morgan fingerprint density at radius 1 is 1.40 bits per heavy atom. The number of carboxylic acid groups (broad SMARTS) is 1. The minimum atomic E-state index is -1.14. The van der Waals surface area contributed by atoms with Crippen LogP contribution < -0.4 is 0 Å². The zero-order chi connectivity index (χ0) is 14.5. The van der Waals surface area contributed by atoms with Crippen LogP contribution in [0.25, 0.3) is 0 Å². The maximum Gasteiger partial charge on any atom is 0.354 e. The molecule has 1 aromatic heterocycles. The van der Waals surface area contributed by atoms with E-state index in [1.54, 1.807) is 7.05 Å². The van der Waals surface area contributed by atoms with Crippen LogP contribution in [0.15, 0.2) is 18.2 Å². The average molecular weight is 278 g/mol. The molecule has 0 aromatic carbocycles. The highest BCUT2D eigenvalue weighted by molar-refractivity contribution is 5.94. The zero-order valence-electron chi connectivity index (χ0n) is 11.4. The Morgan fingerprint density at radius 3 is 2.75 bits per heavy atom. The number of carbonyl (C=O) groups is 2. The van der Waals surface area contributed by atoms with Gasteiger partial charge in [-0.15, -0.1) is 0 Å². The normalized spacial score (nSPS) is 14.1. The molecule has 20 heavy (non-hydrogen) atoms. The molecular weight excluding hydrogens is 260 g/mol. The van der Waals surface area contributed by atoms with Crippen LogP contribution in [0.1, 0.15) is 33.8 Å². The molecule has 1 aliphatic rings. The Bertz CT molecular complexity index is 500. The number of likely N-dealkylation sites (N-methyl/N-ethyl adjacent to an activating group) is 1. The van der Waals surface area contributed by atoms with Crippen LogP contribution >= 0.6 is 0 Å². The lowest BCUT2D eigenvalue weighted by atomic mass is 10.3. The monoisotopic (exact) mass is 278 g/mol. The van der Waals surface area contributed by atoms with Crippen molar-refractivity contribution in [2.75, 3.05) is 26.8 Å². The predicted octanol–water partition coefficient (Wildman–Crippen LogP) is 1.28. The summed E-state index contributed by atoms with van der Waals surface area (Å²) in [6, 6.07) is 4.38. The van der Waals surface area contributed by atoms with E-state index >= 15 is 0 Å². The molecule has 1 N–H and O–H groups in total. The summed E-state index contributed by atoms with van der Waals surface area (Å²) in [6.07, 6.45) is 2.47. The number of hydrogen-bond acceptors (Lipinski definition) is 4. The number of amides is 1. The highest BCUT2D eigenvalue weighted by atomic mass is 16.5. The van der Waals surface area contributed by atoms with Gasteiger partial charge in [-0.3, -0.25) is 4.79 Å². The fraction of sp³-hybridized carbons (Fsp3) is 0.500. The van der Waals surface area contributed by atoms with Crippen molar-refractivity contribution in [3.8, 4) is 0 Å². The first kappa shape index (κ1) is 14.5. The second kappa shape index (κ2) is 6.47. The molecule has 1 aliphatic carbocycles. The number of ether oxygens (including phenoxy) is 1. The van der Waals surface area contributed by atoms with Gasteiger partial charge < -0.3 is 14.7 Å². The van der Waals surface area contributed by atoms with Gasteiger partial charge in [-0.25, -0.2) is 9.78 Å². The van der Waals surface area contributed by atoms with Gasteiger partial charge in [0.2, 0.25) is 0 Å². The topological polar surface area (TPSA) is 79.7 Å². The Morgan fingerprint density at radius 2 is 2.10 bits per heavy atom. The number of carbonyl (C=O) groups excluding carboxylic acids is 1. The van der Waals surface area contributed by atoms with Crippen molar-refractivity contribution in [2.45, 2.75) is 12.8 Å². The van der Waals surface area contributed by atoms with E-state index in [2.05, 4.69) is 4.98 Å². The Balaban J connectivity index is 1.84. The van der Waals surface area contributed by atoms with Crippen molar-refractivity contribution < 1.29 is 19.4 Å². The SMILES string of the molecule is CN(CCOCC1CC1)C(=O)c1cccc(C(=O)O)n1. The average Bonchev–Trinajstić information content (AvgIpc) is 3.26. The number of pyridine rings is 1. The molecule has 1 heterocycles. The molecular formula is C14H18N2O4. The molecule has 0 atom stereocenters. The summed E-state index contributed by atoms with van der Waals surface area (Å²) in [4.78, 5) is 28.2. The van der Waals surface area contributed by atoms with E-state index in [1.165, 1.54) is 35.9 Å². The molecule has 2 rings (SSSR count). The van der Waals surface area contributed by atoms with Crippen LogP contribution in [-0.4, -0.2) is 53.7 Å². The second-order valence-electron chi connectivity index (χ2n) is 4.96. The van der Waals surface area contributed by atoms with Crippen LogP contribution in [0.4, 0.5) is 0 Å². The minimum Gasteiger partial charge on any atom is -0.477 e. The smallest absolute Gasteiger partial charge is 0.354 e. The summed E-state index contributed by atoms with van der Waals surface area (Å²) in [5.41, 5.74) is 0.00354. The van der Waals surface area contributed by atoms with E-state index in [9.17, 15) is 9.59 Å². The summed E-state index contributed by atoms with van der Waals surface area (Å²) >= 11 is 0. The van der Waals surface area contributed by atoms with Gasteiger partial charge >= 0.3 is 5.97 Å². The van der Waals surface area contributed by atoms with Crippen LogP contribution in [0.5, 0.6) is 0 Å². The van der Waals surface area contributed by atoms with Crippen molar-refractivity contribution in [1.82, 2.24) is 9.88 Å². The molecule has 0 saturated heterocycles. The first-order chi connectivity index (χ1) is 9.58. The largest absolute Gasteiger partial charge is 0.477 e. The van der Waals surface area contributed by atoms with E-state index in [1.807, 2.05) is 0 Å². The number of hydrogen-bond donors (Lipinski definition) is 1. The molecule has 0 aliphatic heterocycles. The van der Waals surface area contributed by atoms with Gasteiger partial charge in [-0.05, 0) is 30.9 Å². The first-order valence-electron chi connectivity index (χ1n) is 6.61. The zero-order valence-corrected chi connectivity index (χ0v) is 11.4. The Kier molecular flexibility index (Phi) is 4.68. The molecule has 108 valence electrons. The third-order valence-electron chi connectivity index (χ3n) is 3.16. The van der Waals surface area contributed by atoms with Crippen molar-refractivity contribution in [1.29, 1.82) is 0 Å². The van der Waals surface area contributed by atoms with Gasteiger partial charge in [0.25, 0.3) is 5.91 Å². The molecule has 6 heteroatoms. The summed E-state index contributed by atoms with van der Waals surface area (Å²) < 4.78 is 5.47. The predicted molar refractivity (Wildman–Crippen MR) is 71.7 cm³/mol. The molecule has 0 radical (unpaired) electrons. The van der Waals surface area contributed by atoms with Crippen LogP contribution in [0.2, 0.25) is 0 Å².